The Balaban J connectivity index is 2.02. The second kappa shape index (κ2) is 5.97. The zero-order valence-electron chi connectivity index (χ0n) is 11.6. The van der Waals surface area contributed by atoms with E-state index in [4.69, 9.17) is 11.6 Å². The smallest absolute Gasteiger partial charge is 0.229 e. The molecule has 1 heterocycles. The third-order valence-corrected chi connectivity index (χ3v) is 3.26. The maximum Gasteiger partial charge on any atom is 0.229 e. The van der Waals surface area contributed by atoms with Crippen molar-refractivity contribution >= 4 is 40.0 Å². The van der Waals surface area contributed by atoms with Crippen LogP contribution in [0.15, 0.2) is 48.5 Å². The Morgan fingerprint density at radius 1 is 1.05 bits per heavy atom. The highest BCUT2D eigenvalue weighted by molar-refractivity contribution is 6.30. The van der Waals surface area contributed by atoms with E-state index in [1.807, 2.05) is 55.5 Å². The van der Waals surface area contributed by atoms with Gasteiger partial charge in [-0.3, -0.25) is 0 Å². The first-order valence-electron chi connectivity index (χ1n) is 6.79. The van der Waals surface area contributed by atoms with Crippen LogP contribution in [0.4, 0.5) is 17.5 Å². The summed E-state index contributed by atoms with van der Waals surface area (Å²) in [6.45, 7) is 2.85. The van der Waals surface area contributed by atoms with Crippen molar-refractivity contribution in [2.75, 3.05) is 17.2 Å². The van der Waals surface area contributed by atoms with Crippen LogP contribution in [-0.4, -0.2) is 16.5 Å². The van der Waals surface area contributed by atoms with Crippen molar-refractivity contribution in [3.8, 4) is 0 Å². The van der Waals surface area contributed by atoms with Gasteiger partial charge in [-0.15, -0.1) is 0 Å². The van der Waals surface area contributed by atoms with Crippen LogP contribution < -0.4 is 10.6 Å². The summed E-state index contributed by atoms with van der Waals surface area (Å²) in [5.74, 6) is 1.37. The standard InChI is InChI=1S/C16H15ClN4/c1-2-18-15-13-8-3-4-9-14(13)20-16(21-15)19-12-7-5-6-11(17)10-12/h3-10H,2H2,1H3,(H2,18,19,20,21). The molecule has 3 rings (SSSR count). The molecule has 2 N–H and O–H groups in total. The van der Waals surface area contributed by atoms with Crippen LogP contribution in [0.25, 0.3) is 10.9 Å². The largest absolute Gasteiger partial charge is 0.370 e. The van der Waals surface area contributed by atoms with Crippen molar-refractivity contribution in [1.29, 1.82) is 0 Å². The monoisotopic (exact) mass is 298 g/mol. The number of nitrogens with one attached hydrogen (secondary N) is 2. The molecular weight excluding hydrogens is 284 g/mol. The molecule has 21 heavy (non-hydrogen) atoms. The molecule has 0 unspecified atom stereocenters. The van der Waals surface area contributed by atoms with Crippen LogP contribution in [0.1, 0.15) is 6.92 Å². The molecule has 0 atom stereocenters. The second-order valence-corrected chi connectivity index (χ2v) is 5.02. The number of anilines is 3. The Bertz CT molecular complexity index is 773. The summed E-state index contributed by atoms with van der Waals surface area (Å²) in [5.41, 5.74) is 1.76. The highest BCUT2D eigenvalue weighted by Crippen LogP contribution is 2.24. The molecule has 106 valence electrons. The number of halogens is 1. The number of benzene rings is 2. The lowest BCUT2D eigenvalue weighted by Crippen LogP contribution is -2.04. The molecule has 2 aromatic carbocycles. The van der Waals surface area contributed by atoms with Gasteiger partial charge in [0, 0.05) is 22.6 Å². The van der Waals surface area contributed by atoms with E-state index in [0.29, 0.717) is 11.0 Å². The van der Waals surface area contributed by atoms with E-state index >= 15 is 0 Å². The predicted octanol–water partition coefficient (Wildman–Crippen LogP) is 4.46. The molecule has 4 nitrogen and oxygen atoms in total. The number of hydrogen-bond donors (Lipinski definition) is 2. The summed E-state index contributed by atoms with van der Waals surface area (Å²) >= 11 is 5.99. The molecule has 0 spiro atoms. The molecule has 0 aliphatic heterocycles. The van der Waals surface area contributed by atoms with Crippen molar-refractivity contribution in [3.63, 3.8) is 0 Å². The van der Waals surface area contributed by atoms with Gasteiger partial charge >= 0.3 is 0 Å². The fourth-order valence-electron chi connectivity index (χ4n) is 2.13. The van der Waals surface area contributed by atoms with E-state index in [-0.39, 0.29) is 0 Å². The first kappa shape index (κ1) is 13.6. The predicted molar refractivity (Wildman–Crippen MR) is 88.4 cm³/mol. The van der Waals surface area contributed by atoms with E-state index in [2.05, 4.69) is 20.6 Å². The van der Waals surface area contributed by atoms with E-state index in [1.54, 1.807) is 0 Å². The van der Waals surface area contributed by atoms with Crippen molar-refractivity contribution < 1.29 is 0 Å². The number of rotatable bonds is 4. The van der Waals surface area contributed by atoms with Gasteiger partial charge in [0.25, 0.3) is 0 Å². The molecule has 0 bridgehead atoms. The maximum atomic E-state index is 5.99. The molecule has 5 heteroatoms. The molecule has 0 aliphatic rings. The molecule has 0 amide bonds. The number of hydrogen-bond acceptors (Lipinski definition) is 4. The summed E-state index contributed by atoms with van der Waals surface area (Å²) in [6, 6.07) is 15.4. The Morgan fingerprint density at radius 2 is 1.90 bits per heavy atom. The minimum Gasteiger partial charge on any atom is -0.370 e. The Kier molecular flexibility index (Phi) is 3.88. The molecule has 3 aromatic rings. The van der Waals surface area contributed by atoms with Gasteiger partial charge < -0.3 is 10.6 Å². The van der Waals surface area contributed by atoms with E-state index in [0.717, 1.165) is 29.0 Å². The Morgan fingerprint density at radius 3 is 2.71 bits per heavy atom. The molecule has 0 saturated carbocycles. The number of fused-ring (bicyclic) bond motifs is 1. The highest BCUT2D eigenvalue weighted by Gasteiger charge is 2.07. The number of nitrogens with zero attached hydrogens (tertiary/aromatic N) is 2. The van der Waals surface area contributed by atoms with E-state index in [1.165, 1.54) is 0 Å². The number of para-hydroxylation sites is 1. The van der Waals surface area contributed by atoms with Gasteiger partial charge in [-0.1, -0.05) is 29.8 Å². The van der Waals surface area contributed by atoms with Gasteiger partial charge in [-0.2, -0.15) is 4.98 Å². The van der Waals surface area contributed by atoms with Crippen molar-refractivity contribution in [1.82, 2.24) is 9.97 Å². The van der Waals surface area contributed by atoms with Crippen LogP contribution in [0.5, 0.6) is 0 Å². The van der Waals surface area contributed by atoms with E-state index < -0.39 is 0 Å². The lowest BCUT2D eigenvalue weighted by atomic mass is 10.2. The van der Waals surface area contributed by atoms with Crippen molar-refractivity contribution in [2.45, 2.75) is 6.92 Å². The molecule has 0 radical (unpaired) electrons. The molecule has 0 saturated heterocycles. The fourth-order valence-corrected chi connectivity index (χ4v) is 2.32. The van der Waals surface area contributed by atoms with Gasteiger partial charge in [0.1, 0.15) is 5.82 Å². The molecule has 0 fully saturated rings. The second-order valence-electron chi connectivity index (χ2n) is 4.58. The van der Waals surface area contributed by atoms with Gasteiger partial charge in [0.2, 0.25) is 5.95 Å². The Labute approximate surface area is 128 Å². The fraction of sp³-hybridized carbons (Fsp3) is 0.125. The normalized spacial score (nSPS) is 10.6. The summed E-state index contributed by atoms with van der Waals surface area (Å²) < 4.78 is 0. The zero-order valence-corrected chi connectivity index (χ0v) is 12.4. The Hall–Kier alpha value is -2.33. The first-order chi connectivity index (χ1) is 10.3. The third-order valence-electron chi connectivity index (χ3n) is 3.03. The average Bonchev–Trinajstić information content (AvgIpc) is 2.47. The maximum absolute atomic E-state index is 5.99. The quantitative estimate of drug-likeness (QED) is 0.746. The topological polar surface area (TPSA) is 49.8 Å². The van der Waals surface area contributed by atoms with Gasteiger partial charge in [-0.25, -0.2) is 4.98 Å². The lowest BCUT2D eigenvalue weighted by Gasteiger charge is -2.10. The third kappa shape index (κ3) is 3.06. The SMILES string of the molecule is CCNc1nc(Nc2cccc(Cl)c2)nc2ccccc12. The van der Waals surface area contributed by atoms with Crippen LogP contribution >= 0.6 is 11.6 Å². The number of aromatic nitrogens is 2. The van der Waals surface area contributed by atoms with Crippen molar-refractivity contribution in [2.24, 2.45) is 0 Å². The molecule has 0 aliphatic carbocycles. The minimum absolute atomic E-state index is 0.548. The summed E-state index contributed by atoms with van der Waals surface area (Å²) in [5, 5.41) is 8.14. The summed E-state index contributed by atoms with van der Waals surface area (Å²) in [7, 11) is 0. The van der Waals surface area contributed by atoms with E-state index in [9.17, 15) is 0 Å². The summed E-state index contributed by atoms with van der Waals surface area (Å²) in [4.78, 5) is 9.08. The average molecular weight is 299 g/mol. The summed E-state index contributed by atoms with van der Waals surface area (Å²) in [6.07, 6.45) is 0. The van der Waals surface area contributed by atoms with Gasteiger partial charge in [0.05, 0.1) is 5.52 Å². The zero-order chi connectivity index (χ0) is 14.7. The highest BCUT2D eigenvalue weighted by atomic mass is 35.5. The molecule has 1 aromatic heterocycles. The van der Waals surface area contributed by atoms with Crippen LogP contribution in [0, 0.1) is 0 Å². The minimum atomic E-state index is 0.548. The van der Waals surface area contributed by atoms with Crippen LogP contribution in [0.3, 0.4) is 0 Å². The van der Waals surface area contributed by atoms with Crippen molar-refractivity contribution in [3.05, 3.63) is 53.6 Å². The lowest BCUT2D eigenvalue weighted by molar-refractivity contribution is 1.14. The first-order valence-corrected chi connectivity index (χ1v) is 7.17. The van der Waals surface area contributed by atoms with Gasteiger partial charge in [0.15, 0.2) is 0 Å². The molecular formula is C16H15ClN4. The van der Waals surface area contributed by atoms with Crippen LogP contribution in [0.2, 0.25) is 5.02 Å². The van der Waals surface area contributed by atoms with Crippen LogP contribution in [-0.2, 0) is 0 Å². The van der Waals surface area contributed by atoms with Gasteiger partial charge in [-0.05, 0) is 37.3 Å².